The first-order chi connectivity index (χ1) is 13.7. The van der Waals surface area contributed by atoms with Crippen LogP contribution in [0, 0.1) is 13.8 Å². The lowest BCUT2D eigenvalue weighted by atomic mass is 10.1. The van der Waals surface area contributed by atoms with E-state index in [4.69, 9.17) is 4.98 Å². The number of hydrogen-bond acceptors (Lipinski definition) is 3. The average Bonchev–Trinajstić information content (AvgIpc) is 3.14. The Labute approximate surface area is 166 Å². The topological polar surface area (TPSA) is 42.2 Å². The predicted molar refractivity (Wildman–Crippen MR) is 116 cm³/mol. The molecule has 0 saturated heterocycles. The van der Waals surface area contributed by atoms with E-state index in [1.807, 2.05) is 28.9 Å². The highest BCUT2D eigenvalue weighted by atomic mass is 15.3. The van der Waals surface area contributed by atoms with Gasteiger partial charge in [-0.05, 0) is 49.9 Å². The van der Waals surface area contributed by atoms with Gasteiger partial charge in [0, 0.05) is 22.5 Å². The van der Waals surface area contributed by atoms with Gasteiger partial charge < -0.3 is 5.32 Å². The normalized spacial score (nSPS) is 11.1. The summed E-state index contributed by atoms with van der Waals surface area (Å²) in [6.45, 7) is 6.36. The number of nitrogens with zero attached hydrogens (tertiary/aromatic N) is 3. The van der Waals surface area contributed by atoms with Crippen molar-refractivity contribution in [3.05, 3.63) is 77.6 Å². The van der Waals surface area contributed by atoms with E-state index < -0.39 is 0 Å². The quantitative estimate of drug-likeness (QED) is 0.446. The number of rotatable bonds is 6. The van der Waals surface area contributed by atoms with Crippen molar-refractivity contribution in [2.24, 2.45) is 0 Å². The molecule has 4 aromatic rings. The smallest absolute Gasteiger partial charge is 0.165 e. The van der Waals surface area contributed by atoms with Gasteiger partial charge in [-0.25, -0.2) is 4.98 Å². The second kappa shape index (κ2) is 7.85. The Morgan fingerprint density at radius 2 is 1.71 bits per heavy atom. The molecule has 2 aromatic heterocycles. The summed E-state index contributed by atoms with van der Waals surface area (Å²) in [4.78, 5) is 4.82. The van der Waals surface area contributed by atoms with E-state index in [1.165, 1.54) is 18.4 Å². The van der Waals surface area contributed by atoms with Gasteiger partial charge in [-0.1, -0.05) is 55.8 Å². The summed E-state index contributed by atoms with van der Waals surface area (Å²) in [5.74, 6) is 0.964. The molecule has 0 bridgehead atoms. The van der Waals surface area contributed by atoms with E-state index in [-0.39, 0.29) is 0 Å². The molecule has 4 nitrogen and oxygen atoms in total. The maximum Gasteiger partial charge on any atom is 0.165 e. The van der Waals surface area contributed by atoms with E-state index in [9.17, 15) is 0 Å². The zero-order valence-corrected chi connectivity index (χ0v) is 16.7. The third kappa shape index (κ3) is 3.50. The number of aromatic nitrogens is 3. The molecule has 2 heterocycles. The van der Waals surface area contributed by atoms with Crippen molar-refractivity contribution in [1.82, 2.24) is 14.6 Å². The molecule has 0 atom stereocenters. The largest absolute Gasteiger partial charge is 0.340 e. The lowest BCUT2D eigenvalue weighted by Gasteiger charge is -2.14. The first kappa shape index (κ1) is 18.2. The van der Waals surface area contributed by atoms with Gasteiger partial charge in [0.05, 0.1) is 6.20 Å². The Morgan fingerprint density at radius 1 is 0.964 bits per heavy atom. The molecule has 1 N–H and O–H groups in total. The van der Waals surface area contributed by atoms with Crippen LogP contribution in [0.2, 0.25) is 0 Å². The van der Waals surface area contributed by atoms with Crippen LogP contribution in [0.4, 0.5) is 11.5 Å². The SMILES string of the molecule is CCCCc1ccc(Nc2c(C)c(C)nc3c(-c4ccccc4)cnn23)cc1. The zero-order chi connectivity index (χ0) is 19.5. The second-order valence-corrected chi connectivity index (χ2v) is 7.26. The van der Waals surface area contributed by atoms with Crippen molar-refractivity contribution in [3.63, 3.8) is 0 Å². The molecule has 0 spiro atoms. The minimum atomic E-state index is 0.872. The molecule has 0 saturated carbocycles. The fourth-order valence-electron chi connectivity index (χ4n) is 3.43. The minimum Gasteiger partial charge on any atom is -0.340 e. The van der Waals surface area contributed by atoms with Crippen LogP contribution in [0.3, 0.4) is 0 Å². The molecule has 2 aromatic carbocycles. The van der Waals surface area contributed by atoms with Crippen LogP contribution < -0.4 is 5.32 Å². The highest BCUT2D eigenvalue weighted by molar-refractivity contribution is 5.79. The molecular weight excluding hydrogens is 344 g/mol. The van der Waals surface area contributed by atoms with Crippen LogP contribution in [0.15, 0.2) is 60.8 Å². The maximum atomic E-state index is 4.82. The number of anilines is 2. The zero-order valence-electron chi connectivity index (χ0n) is 16.7. The van der Waals surface area contributed by atoms with Crippen LogP contribution in [0.25, 0.3) is 16.8 Å². The summed E-state index contributed by atoms with van der Waals surface area (Å²) in [5.41, 5.74) is 7.59. The standard InChI is InChI=1S/C24H26N4/c1-4-5-9-19-12-14-21(15-13-19)27-23-17(2)18(3)26-24-22(16-25-28(23)24)20-10-7-6-8-11-20/h6-8,10-16,27H,4-5,9H2,1-3H3. The Morgan fingerprint density at radius 3 is 2.43 bits per heavy atom. The summed E-state index contributed by atoms with van der Waals surface area (Å²) in [6, 6.07) is 19.0. The first-order valence-corrected chi connectivity index (χ1v) is 9.93. The molecule has 0 unspecified atom stereocenters. The van der Waals surface area contributed by atoms with Crippen LogP contribution in [0.5, 0.6) is 0 Å². The number of fused-ring (bicyclic) bond motifs is 1. The van der Waals surface area contributed by atoms with Crippen molar-refractivity contribution in [2.45, 2.75) is 40.0 Å². The molecule has 0 fully saturated rings. The second-order valence-electron chi connectivity index (χ2n) is 7.26. The Balaban J connectivity index is 1.72. The molecule has 4 heteroatoms. The summed E-state index contributed by atoms with van der Waals surface area (Å²) >= 11 is 0. The maximum absolute atomic E-state index is 4.82. The molecule has 0 radical (unpaired) electrons. The predicted octanol–water partition coefficient (Wildman–Crippen LogP) is 6.10. The summed E-state index contributed by atoms with van der Waals surface area (Å²) < 4.78 is 1.91. The van der Waals surface area contributed by atoms with Crippen molar-refractivity contribution in [2.75, 3.05) is 5.32 Å². The molecular formula is C24H26N4. The number of benzene rings is 2. The monoisotopic (exact) mass is 370 g/mol. The van der Waals surface area contributed by atoms with Crippen LogP contribution in [-0.4, -0.2) is 14.6 Å². The highest BCUT2D eigenvalue weighted by Gasteiger charge is 2.15. The van der Waals surface area contributed by atoms with Crippen molar-refractivity contribution >= 4 is 17.2 Å². The number of aryl methyl sites for hydroxylation is 2. The van der Waals surface area contributed by atoms with Crippen LogP contribution in [-0.2, 0) is 6.42 Å². The Bertz CT molecular complexity index is 1080. The van der Waals surface area contributed by atoms with E-state index in [0.29, 0.717) is 0 Å². The van der Waals surface area contributed by atoms with Gasteiger partial charge in [-0.15, -0.1) is 0 Å². The summed E-state index contributed by atoms with van der Waals surface area (Å²) in [6.07, 6.45) is 5.48. The van der Waals surface area contributed by atoms with Crippen molar-refractivity contribution in [3.8, 4) is 11.1 Å². The lowest BCUT2D eigenvalue weighted by molar-refractivity contribution is 0.795. The van der Waals surface area contributed by atoms with E-state index in [1.54, 1.807) is 0 Å². The molecule has 4 rings (SSSR count). The highest BCUT2D eigenvalue weighted by Crippen LogP contribution is 2.29. The van der Waals surface area contributed by atoms with Crippen molar-refractivity contribution in [1.29, 1.82) is 0 Å². The molecule has 0 aliphatic carbocycles. The molecule has 142 valence electrons. The third-order valence-corrected chi connectivity index (χ3v) is 5.25. The van der Waals surface area contributed by atoms with E-state index in [2.05, 4.69) is 67.6 Å². The number of unbranched alkanes of at least 4 members (excludes halogenated alkanes) is 1. The summed E-state index contributed by atoms with van der Waals surface area (Å²) in [5, 5.41) is 8.21. The Hall–Kier alpha value is -3.14. The van der Waals surface area contributed by atoms with Gasteiger partial charge in [-0.3, -0.25) is 0 Å². The minimum absolute atomic E-state index is 0.872. The molecule has 0 aliphatic rings. The van der Waals surface area contributed by atoms with Gasteiger partial charge in [0.2, 0.25) is 0 Å². The van der Waals surface area contributed by atoms with Crippen molar-refractivity contribution < 1.29 is 0 Å². The lowest BCUT2D eigenvalue weighted by Crippen LogP contribution is -2.06. The van der Waals surface area contributed by atoms with Gasteiger partial charge >= 0.3 is 0 Å². The van der Waals surface area contributed by atoms with E-state index in [0.717, 1.165) is 46.0 Å². The molecule has 0 aliphatic heterocycles. The Kier molecular flexibility index (Phi) is 5.11. The van der Waals surface area contributed by atoms with E-state index >= 15 is 0 Å². The average molecular weight is 370 g/mol. The first-order valence-electron chi connectivity index (χ1n) is 9.93. The van der Waals surface area contributed by atoms with Gasteiger partial charge in [0.1, 0.15) is 5.82 Å². The van der Waals surface area contributed by atoms with Crippen LogP contribution in [0.1, 0.15) is 36.6 Å². The summed E-state index contributed by atoms with van der Waals surface area (Å²) in [7, 11) is 0. The molecule has 0 amide bonds. The fraction of sp³-hybridized carbons (Fsp3) is 0.250. The molecule has 28 heavy (non-hydrogen) atoms. The third-order valence-electron chi connectivity index (χ3n) is 5.25. The van der Waals surface area contributed by atoms with Gasteiger partial charge in [-0.2, -0.15) is 9.61 Å². The number of hydrogen-bond donors (Lipinski definition) is 1. The van der Waals surface area contributed by atoms with Gasteiger partial charge in [0.25, 0.3) is 0 Å². The number of nitrogens with one attached hydrogen (secondary N) is 1. The van der Waals surface area contributed by atoms with Gasteiger partial charge in [0.15, 0.2) is 5.65 Å². The van der Waals surface area contributed by atoms with Crippen LogP contribution >= 0.6 is 0 Å². The fourth-order valence-corrected chi connectivity index (χ4v) is 3.43.